The Morgan fingerprint density at radius 3 is 2.39 bits per heavy atom. The Hall–Kier alpha value is -3.52. The van der Waals surface area contributed by atoms with E-state index in [9.17, 15) is 14.7 Å². The Labute approximate surface area is 221 Å². The summed E-state index contributed by atoms with van der Waals surface area (Å²) in [4.78, 5) is 24.9. The van der Waals surface area contributed by atoms with Gasteiger partial charge in [0.1, 0.15) is 18.0 Å². The summed E-state index contributed by atoms with van der Waals surface area (Å²) < 4.78 is 19.4. The number of carbonyl (C=O) groups is 2. The summed E-state index contributed by atoms with van der Waals surface area (Å²) >= 11 is 0. The van der Waals surface area contributed by atoms with E-state index in [1.807, 2.05) is 37.3 Å². The highest BCUT2D eigenvalue weighted by Gasteiger charge is 2.32. The molecule has 3 fully saturated rings. The number of hydrogen-bond acceptors (Lipinski definition) is 5. The molecule has 2 aliphatic carbocycles. The zero-order valence-corrected chi connectivity index (χ0v) is 21.7. The van der Waals surface area contributed by atoms with Crippen molar-refractivity contribution in [1.82, 2.24) is 4.57 Å². The van der Waals surface area contributed by atoms with Crippen LogP contribution in [-0.4, -0.2) is 47.2 Å². The van der Waals surface area contributed by atoms with Crippen LogP contribution in [0.4, 0.5) is 10.5 Å². The van der Waals surface area contributed by atoms with Gasteiger partial charge in [0.25, 0.3) is 0 Å². The van der Waals surface area contributed by atoms with Gasteiger partial charge >= 0.3 is 12.1 Å². The molecule has 6 rings (SSSR count). The number of aromatic carboxylic acids is 1. The van der Waals surface area contributed by atoms with E-state index in [0.717, 1.165) is 61.8 Å². The third-order valence-corrected chi connectivity index (χ3v) is 8.08. The van der Waals surface area contributed by atoms with Crippen molar-refractivity contribution in [3.05, 3.63) is 48.0 Å². The van der Waals surface area contributed by atoms with E-state index in [1.165, 1.54) is 0 Å². The molecule has 1 aromatic heterocycles. The predicted molar refractivity (Wildman–Crippen MR) is 144 cm³/mol. The highest BCUT2D eigenvalue weighted by molar-refractivity contribution is 6.10. The molecule has 1 unspecified atom stereocenters. The van der Waals surface area contributed by atoms with Gasteiger partial charge < -0.3 is 23.9 Å². The van der Waals surface area contributed by atoms with Crippen molar-refractivity contribution in [2.24, 2.45) is 5.92 Å². The summed E-state index contributed by atoms with van der Waals surface area (Å²) in [6.45, 7) is 3.31. The van der Waals surface area contributed by atoms with E-state index < -0.39 is 12.1 Å². The van der Waals surface area contributed by atoms with Crippen molar-refractivity contribution in [2.45, 2.75) is 70.1 Å². The van der Waals surface area contributed by atoms with E-state index in [-0.39, 0.29) is 18.2 Å². The smallest absolute Gasteiger partial charge is 0.411 e. The maximum atomic E-state index is 12.6. The maximum Gasteiger partial charge on any atom is 0.411 e. The van der Waals surface area contributed by atoms with Crippen molar-refractivity contribution >= 4 is 28.7 Å². The number of aromatic nitrogens is 1. The summed E-state index contributed by atoms with van der Waals surface area (Å²) in [6, 6.07) is 13.3. The zero-order chi connectivity index (χ0) is 26.2. The minimum absolute atomic E-state index is 0.0918. The quantitative estimate of drug-likeness (QED) is 0.347. The molecule has 1 saturated heterocycles. The lowest BCUT2D eigenvalue weighted by Gasteiger charge is -2.30. The number of carboxylic acid groups (broad SMARTS) is 1. The number of amides is 1. The minimum atomic E-state index is -0.957. The number of nitrogens with zero attached hydrogens (tertiary/aromatic N) is 1. The van der Waals surface area contributed by atoms with Crippen molar-refractivity contribution in [1.29, 1.82) is 0 Å². The first-order valence-electron chi connectivity index (χ1n) is 13.7. The maximum absolute atomic E-state index is 12.6. The second kappa shape index (κ2) is 10.3. The van der Waals surface area contributed by atoms with Gasteiger partial charge in [-0.2, -0.15) is 0 Å². The molecule has 3 aromatic rings. The van der Waals surface area contributed by atoms with Crippen LogP contribution in [0.15, 0.2) is 42.5 Å². The Morgan fingerprint density at radius 1 is 1.03 bits per heavy atom. The van der Waals surface area contributed by atoms with E-state index in [1.54, 1.807) is 12.1 Å². The third-order valence-electron chi connectivity index (χ3n) is 8.08. The summed E-state index contributed by atoms with van der Waals surface area (Å²) in [7, 11) is 0. The Balaban J connectivity index is 1.33. The SMILES string of the molecule is CC(OC(=O)Nc1ccc(-c2c(C(=O)O)c3ccc(OC4CCOCC4)cc3n2C2CCC2)cc1)C1CC1. The molecule has 0 spiro atoms. The van der Waals surface area contributed by atoms with Gasteiger partial charge in [-0.25, -0.2) is 9.59 Å². The lowest BCUT2D eigenvalue weighted by molar-refractivity contribution is 0.0256. The largest absolute Gasteiger partial charge is 0.490 e. The third kappa shape index (κ3) is 4.97. The van der Waals surface area contributed by atoms with Gasteiger partial charge in [0, 0.05) is 36.0 Å². The molecule has 2 heterocycles. The molecule has 1 atom stereocenters. The summed E-state index contributed by atoms with van der Waals surface area (Å²) in [5.74, 6) is 0.263. The molecule has 200 valence electrons. The Morgan fingerprint density at radius 2 is 1.76 bits per heavy atom. The van der Waals surface area contributed by atoms with E-state index in [0.29, 0.717) is 41.5 Å². The summed E-state index contributed by atoms with van der Waals surface area (Å²) in [6.07, 6.45) is 6.58. The molecular formula is C30H34N2O6. The van der Waals surface area contributed by atoms with Crippen LogP contribution < -0.4 is 10.1 Å². The fourth-order valence-corrected chi connectivity index (χ4v) is 5.56. The number of ether oxygens (including phenoxy) is 3. The van der Waals surface area contributed by atoms with Crippen molar-refractivity contribution in [2.75, 3.05) is 18.5 Å². The second-order valence-electron chi connectivity index (χ2n) is 10.7. The molecule has 2 saturated carbocycles. The first-order chi connectivity index (χ1) is 18.5. The first kappa shape index (κ1) is 24.8. The van der Waals surface area contributed by atoms with E-state index in [2.05, 4.69) is 9.88 Å². The number of benzene rings is 2. The molecule has 0 bridgehead atoms. The molecule has 8 nitrogen and oxygen atoms in total. The molecular weight excluding hydrogens is 484 g/mol. The molecule has 2 aromatic carbocycles. The normalized spacial score (nSPS) is 19.1. The van der Waals surface area contributed by atoms with Crippen LogP contribution in [0.25, 0.3) is 22.2 Å². The van der Waals surface area contributed by atoms with Crippen molar-refractivity contribution < 1.29 is 28.9 Å². The van der Waals surface area contributed by atoms with Crippen LogP contribution in [0.2, 0.25) is 0 Å². The number of hydrogen-bond donors (Lipinski definition) is 2. The fraction of sp³-hybridized carbons (Fsp3) is 0.467. The molecule has 38 heavy (non-hydrogen) atoms. The van der Waals surface area contributed by atoms with Gasteiger partial charge in [0.2, 0.25) is 0 Å². The van der Waals surface area contributed by atoms with Crippen LogP contribution in [-0.2, 0) is 9.47 Å². The Bertz CT molecular complexity index is 1330. The van der Waals surface area contributed by atoms with Gasteiger partial charge in [0.15, 0.2) is 0 Å². The topological polar surface area (TPSA) is 99.0 Å². The molecule has 3 aliphatic rings. The van der Waals surface area contributed by atoms with E-state index >= 15 is 0 Å². The highest BCUT2D eigenvalue weighted by atomic mass is 16.6. The van der Waals surface area contributed by atoms with Crippen LogP contribution in [0, 0.1) is 5.92 Å². The molecule has 8 heteroatoms. The lowest BCUT2D eigenvalue weighted by Crippen LogP contribution is -2.25. The number of carboxylic acids is 1. The summed E-state index contributed by atoms with van der Waals surface area (Å²) in [5.41, 5.74) is 3.27. The van der Waals surface area contributed by atoms with Gasteiger partial charge in [0.05, 0.1) is 30.0 Å². The zero-order valence-electron chi connectivity index (χ0n) is 21.7. The van der Waals surface area contributed by atoms with Gasteiger partial charge in [-0.1, -0.05) is 12.1 Å². The number of rotatable bonds is 8. The van der Waals surface area contributed by atoms with Crippen LogP contribution in [0.3, 0.4) is 0 Å². The summed E-state index contributed by atoms with van der Waals surface area (Å²) in [5, 5.41) is 13.8. The van der Waals surface area contributed by atoms with Crippen LogP contribution in [0.5, 0.6) is 5.75 Å². The average Bonchev–Trinajstić information content (AvgIpc) is 3.68. The van der Waals surface area contributed by atoms with Crippen molar-refractivity contribution in [3.63, 3.8) is 0 Å². The fourth-order valence-electron chi connectivity index (χ4n) is 5.56. The molecule has 1 amide bonds. The lowest BCUT2D eigenvalue weighted by atomic mass is 9.92. The predicted octanol–water partition coefficient (Wildman–Crippen LogP) is 6.64. The minimum Gasteiger partial charge on any atom is -0.490 e. The molecule has 0 radical (unpaired) electrons. The van der Waals surface area contributed by atoms with E-state index in [4.69, 9.17) is 14.2 Å². The Kier molecular flexibility index (Phi) is 6.74. The standard InChI is InChI=1S/C30H34N2O6/c1-18(19-5-6-19)37-30(35)31-21-9-7-20(8-10-21)28-27(29(33)34)25-12-11-24(38-23-13-15-36-16-14-23)17-26(25)32(28)22-3-2-4-22/h7-12,17-19,22-23H,2-6,13-16H2,1H3,(H,31,35)(H,33,34). The van der Waals surface area contributed by atoms with Crippen LogP contribution >= 0.6 is 0 Å². The first-order valence-corrected chi connectivity index (χ1v) is 13.7. The monoisotopic (exact) mass is 518 g/mol. The second-order valence-corrected chi connectivity index (χ2v) is 10.7. The number of anilines is 1. The van der Waals surface area contributed by atoms with Gasteiger partial charge in [-0.3, -0.25) is 5.32 Å². The highest BCUT2D eigenvalue weighted by Crippen LogP contribution is 2.44. The van der Waals surface area contributed by atoms with Gasteiger partial charge in [-0.05, 0) is 74.8 Å². The molecule has 2 N–H and O–H groups in total. The van der Waals surface area contributed by atoms with Gasteiger partial charge in [-0.15, -0.1) is 0 Å². The molecule has 1 aliphatic heterocycles. The average molecular weight is 519 g/mol. The van der Waals surface area contributed by atoms with Crippen LogP contribution in [0.1, 0.15) is 68.3 Å². The number of nitrogens with one attached hydrogen (secondary N) is 1. The number of carbonyl (C=O) groups excluding carboxylic acids is 1. The number of fused-ring (bicyclic) bond motifs is 1. The van der Waals surface area contributed by atoms with Crippen molar-refractivity contribution in [3.8, 4) is 17.0 Å².